The molecule has 1 aliphatic rings. The van der Waals surface area contributed by atoms with E-state index in [1.54, 1.807) is 17.8 Å². The maximum absolute atomic E-state index is 15.7. The lowest BCUT2D eigenvalue weighted by atomic mass is 9.89. The summed E-state index contributed by atoms with van der Waals surface area (Å²) in [5.41, 5.74) is 9.94. The average Bonchev–Trinajstić information content (AvgIpc) is 3.55. The van der Waals surface area contributed by atoms with Crippen LogP contribution in [-0.4, -0.2) is 82.4 Å². The average molecular weight is 806 g/mol. The second-order valence-electron chi connectivity index (χ2n) is 14.1. The first-order valence-electron chi connectivity index (χ1n) is 19.0. The largest absolute Gasteiger partial charge is 0.485 e. The number of likely N-dealkylation sites (tertiary alicyclic amines) is 1. The predicted octanol–water partition coefficient (Wildman–Crippen LogP) is 6.61. The summed E-state index contributed by atoms with van der Waals surface area (Å²) in [7, 11) is 3.44. The normalized spacial score (nSPS) is 14.2. The van der Waals surface area contributed by atoms with Crippen molar-refractivity contribution in [3.63, 3.8) is 0 Å². The Labute approximate surface area is 340 Å². The van der Waals surface area contributed by atoms with Crippen LogP contribution in [0.15, 0.2) is 93.1 Å². The fourth-order valence-electron chi connectivity index (χ4n) is 7.00. The van der Waals surface area contributed by atoms with Crippen LogP contribution in [0, 0.1) is 11.2 Å². The minimum Gasteiger partial charge on any atom is -0.485 e. The van der Waals surface area contributed by atoms with Crippen molar-refractivity contribution in [3.05, 3.63) is 101 Å². The number of piperidine rings is 1. The van der Waals surface area contributed by atoms with Crippen LogP contribution in [0.4, 0.5) is 20.7 Å². The van der Waals surface area contributed by atoms with Gasteiger partial charge >= 0.3 is 6.03 Å². The third kappa shape index (κ3) is 9.35. The standard InChI is InChI=1S/C42H48FN11O3S/c1-27(2)57-39-38(31(23-44)24-45)48-26-54(47-4)41(39)49-36-13-11-33(22-35(36)43)58-32-9-6-8-28(20-32)25-52-17-14-29(15-18-52)30-10-12-34-37(21-30)51(5)50-40(34)53(16-7-19-55)42(56)46-3/h6,8-13,19-24,26-27,29,44H,4,7,14-18,25,45H2,1-3,5H3,(H,46,56)/b31-24+,44-23?,49-41?. The van der Waals surface area contributed by atoms with Crippen LogP contribution in [-0.2, 0) is 18.4 Å². The van der Waals surface area contributed by atoms with E-state index < -0.39 is 5.82 Å². The number of halogens is 1. The number of aromatic nitrogens is 4. The summed E-state index contributed by atoms with van der Waals surface area (Å²) in [4.78, 5) is 38.3. The number of nitrogens with zero attached hydrogens (tertiary/aromatic N) is 8. The van der Waals surface area contributed by atoms with Gasteiger partial charge in [-0.1, -0.05) is 30.0 Å². The van der Waals surface area contributed by atoms with Gasteiger partial charge in [0.05, 0.1) is 11.6 Å². The smallest absolute Gasteiger partial charge is 0.322 e. The van der Waals surface area contributed by atoms with E-state index in [4.69, 9.17) is 15.9 Å². The second kappa shape index (κ2) is 18.9. The Hall–Kier alpha value is -6.13. The zero-order valence-electron chi connectivity index (χ0n) is 33.1. The van der Waals surface area contributed by atoms with Gasteiger partial charge in [-0.15, -0.1) is 0 Å². The first-order chi connectivity index (χ1) is 28.1. The Morgan fingerprint density at radius 3 is 2.62 bits per heavy atom. The van der Waals surface area contributed by atoms with Crippen molar-refractivity contribution >= 4 is 65.0 Å². The molecule has 1 aliphatic heterocycles. The molecule has 2 amide bonds. The molecule has 3 heterocycles. The Balaban J connectivity index is 1.12. The predicted molar refractivity (Wildman–Crippen MR) is 227 cm³/mol. The molecule has 3 aromatic carbocycles. The van der Waals surface area contributed by atoms with Gasteiger partial charge in [0.15, 0.2) is 11.6 Å². The summed E-state index contributed by atoms with van der Waals surface area (Å²) in [5, 5.41) is 19.9. The lowest BCUT2D eigenvalue weighted by molar-refractivity contribution is -0.107. The van der Waals surface area contributed by atoms with E-state index in [1.807, 2.05) is 45.2 Å². The Morgan fingerprint density at radius 2 is 1.95 bits per heavy atom. The van der Waals surface area contributed by atoms with Crippen LogP contribution in [0.3, 0.4) is 0 Å². The third-order valence-corrected chi connectivity index (χ3v) is 10.8. The summed E-state index contributed by atoms with van der Waals surface area (Å²) in [6.07, 6.45) is 6.42. The van der Waals surface area contributed by atoms with Crippen molar-refractivity contribution in [1.82, 2.24) is 29.7 Å². The van der Waals surface area contributed by atoms with Gasteiger partial charge in [-0.2, -0.15) is 10.2 Å². The third-order valence-electron chi connectivity index (χ3n) is 9.83. The Kier molecular flexibility index (Phi) is 13.5. The number of aryl methyl sites for hydroxylation is 1. The van der Waals surface area contributed by atoms with Crippen LogP contribution in [0.25, 0.3) is 16.5 Å². The number of hydrogen-bond donors (Lipinski definition) is 3. The first-order valence-corrected chi connectivity index (χ1v) is 19.8. The highest BCUT2D eigenvalue weighted by Crippen LogP contribution is 2.35. The highest BCUT2D eigenvalue weighted by atomic mass is 32.2. The van der Waals surface area contributed by atoms with Gasteiger partial charge in [0, 0.05) is 73.5 Å². The molecule has 4 N–H and O–H groups in total. The molecule has 2 aromatic heterocycles. The van der Waals surface area contributed by atoms with Crippen LogP contribution in [0.2, 0.25) is 0 Å². The summed E-state index contributed by atoms with van der Waals surface area (Å²) in [5.74, 6) is 0.605. The number of amides is 2. The quantitative estimate of drug-likeness (QED) is 0.0784. The minimum atomic E-state index is -0.529. The van der Waals surface area contributed by atoms with Gasteiger partial charge in [-0.25, -0.2) is 23.8 Å². The van der Waals surface area contributed by atoms with Crippen LogP contribution in [0.5, 0.6) is 5.75 Å². The molecule has 0 unspecified atom stereocenters. The van der Waals surface area contributed by atoms with Crippen LogP contribution >= 0.6 is 11.8 Å². The number of nitrogens with two attached hydrogens (primary N) is 1. The summed E-state index contributed by atoms with van der Waals surface area (Å²) >= 11 is 1.47. The lowest BCUT2D eigenvalue weighted by Gasteiger charge is -2.32. The van der Waals surface area contributed by atoms with E-state index in [0.29, 0.717) is 17.3 Å². The fraction of sp³-hybridized carbons (Fsp3) is 0.310. The molecule has 0 saturated carbocycles. The van der Waals surface area contributed by atoms with Crippen molar-refractivity contribution in [1.29, 1.82) is 5.41 Å². The van der Waals surface area contributed by atoms with Crippen LogP contribution < -0.4 is 26.2 Å². The van der Waals surface area contributed by atoms with Crippen LogP contribution in [0.1, 0.15) is 55.8 Å². The summed E-state index contributed by atoms with van der Waals surface area (Å²) < 4.78 is 24.8. The zero-order valence-corrected chi connectivity index (χ0v) is 33.9. The Morgan fingerprint density at radius 1 is 1.17 bits per heavy atom. The topological polar surface area (TPSA) is 172 Å². The molecule has 0 spiro atoms. The second-order valence-corrected chi connectivity index (χ2v) is 15.2. The molecule has 14 nitrogen and oxygen atoms in total. The molecular formula is C42H48FN11O3S. The number of carbonyl (C=O) groups is 2. The van der Waals surface area contributed by atoms with Crippen molar-refractivity contribution in [2.45, 2.75) is 61.5 Å². The molecule has 0 atom stereocenters. The number of anilines is 1. The van der Waals surface area contributed by atoms with Gasteiger partial charge in [0.1, 0.15) is 29.8 Å². The maximum atomic E-state index is 15.7. The molecule has 0 bridgehead atoms. The van der Waals surface area contributed by atoms with Crippen molar-refractivity contribution in [2.75, 3.05) is 31.6 Å². The fourth-order valence-corrected chi connectivity index (χ4v) is 7.92. The highest BCUT2D eigenvalue weighted by Gasteiger charge is 2.25. The number of ether oxygens (including phenoxy) is 1. The number of urea groups is 1. The molecular weight excluding hydrogens is 758 g/mol. The number of fused-ring (bicyclic) bond motifs is 1. The van der Waals surface area contributed by atoms with Gasteiger partial charge < -0.3 is 26.0 Å². The van der Waals surface area contributed by atoms with Crippen molar-refractivity contribution < 1.29 is 18.7 Å². The van der Waals surface area contributed by atoms with Gasteiger partial charge in [-0.3, -0.25) is 14.5 Å². The van der Waals surface area contributed by atoms with E-state index in [2.05, 4.69) is 61.4 Å². The maximum Gasteiger partial charge on any atom is 0.322 e. The number of hydrogen-bond acceptors (Lipinski definition) is 11. The number of nitrogens with one attached hydrogen (secondary N) is 2. The molecule has 1 saturated heterocycles. The molecule has 16 heteroatoms. The van der Waals surface area contributed by atoms with E-state index in [9.17, 15) is 9.59 Å². The zero-order chi connectivity index (χ0) is 41.3. The Bertz CT molecular complexity index is 2420. The van der Waals surface area contributed by atoms with E-state index >= 15 is 4.39 Å². The highest BCUT2D eigenvalue weighted by molar-refractivity contribution is 7.99. The molecule has 0 radical (unpaired) electrons. The van der Waals surface area contributed by atoms with Gasteiger partial charge in [0.25, 0.3) is 0 Å². The van der Waals surface area contributed by atoms with Gasteiger partial charge in [0.2, 0.25) is 5.49 Å². The molecule has 58 heavy (non-hydrogen) atoms. The van der Waals surface area contributed by atoms with E-state index in [0.717, 1.165) is 65.7 Å². The molecule has 6 rings (SSSR count). The molecule has 5 aromatic rings. The van der Waals surface area contributed by atoms with Crippen molar-refractivity contribution in [2.24, 2.45) is 22.9 Å². The summed E-state index contributed by atoms with van der Waals surface area (Å²) in [6.45, 7) is 10.2. The first kappa shape index (κ1) is 41.5. The number of allylic oxidation sites excluding steroid dienone is 1. The van der Waals surface area contributed by atoms with Crippen molar-refractivity contribution in [3.8, 4) is 5.75 Å². The van der Waals surface area contributed by atoms with E-state index in [-0.39, 0.29) is 47.7 Å². The summed E-state index contributed by atoms with van der Waals surface area (Å²) in [6, 6.07) is 19.2. The number of rotatable bonds is 15. The number of carbonyl (C=O) groups excluding carboxylic acids is 2. The SMILES string of the molecule is C=Nn1cnc(/C(C=N)=C/N)c(OC(C)C)c1=Nc1ccc(Sc2cccc(CN3CCC(c4ccc5c(N(CCC=O)C(=O)NC)nn(C)c5c4)CC3)c2)cc1F. The molecule has 302 valence electrons. The monoisotopic (exact) mass is 805 g/mol. The molecule has 1 fully saturated rings. The van der Waals surface area contributed by atoms with Gasteiger partial charge in [-0.05, 0) is 99.3 Å². The lowest BCUT2D eigenvalue weighted by Crippen LogP contribution is -2.39. The number of benzene rings is 3. The number of aldehydes is 1. The van der Waals surface area contributed by atoms with E-state index in [1.165, 1.54) is 51.1 Å². The molecule has 0 aliphatic carbocycles. The minimum absolute atomic E-state index is 0.0709.